The van der Waals surface area contributed by atoms with Crippen molar-refractivity contribution in [2.45, 2.75) is 0 Å². The molecular formula is C15H14N8S2. The lowest BCUT2D eigenvalue weighted by molar-refractivity contribution is 0.645. The van der Waals surface area contributed by atoms with Gasteiger partial charge in [-0.1, -0.05) is 17.4 Å². The first-order valence-corrected chi connectivity index (χ1v) is 9.59. The average molecular weight is 370 g/mol. The summed E-state index contributed by atoms with van der Waals surface area (Å²) in [6.45, 7) is 3.52. The number of H-pyrrole nitrogens is 1. The molecule has 1 aliphatic rings. The molecule has 0 atom stereocenters. The Morgan fingerprint density at radius 2 is 1.88 bits per heavy atom. The quantitative estimate of drug-likeness (QED) is 0.592. The third-order valence-corrected chi connectivity index (χ3v) is 6.22. The van der Waals surface area contributed by atoms with Crippen molar-refractivity contribution >= 4 is 44.8 Å². The summed E-state index contributed by atoms with van der Waals surface area (Å²) in [5.74, 6) is 0.915. The van der Waals surface area contributed by atoms with E-state index in [1.54, 1.807) is 35.3 Å². The normalized spacial score (nSPS) is 15.2. The van der Waals surface area contributed by atoms with Crippen molar-refractivity contribution in [2.24, 2.45) is 0 Å². The first kappa shape index (κ1) is 14.7. The van der Waals surface area contributed by atoms with Crippen molar-refractivity contribution in [1.29, 1.82) is 0 Å². The van der Waals surface area contributed by atoms with E-state index in [4.69, 9.17) is 0 Å². The fraction of sp³-hybridized carbons (Fsp3) is 0.267. The topological polar surface area (TPSA) is 86.7 Å². The average Bonchev–Trinajstić information content (AvgIpc) is 3.42. The molecule has 8 nitrogen and oxygen atoms in total. The van der Waals surface area contributed by atoms with Crippen LogP contribution in [0.5, 0.6) is 0 Å². The summed E-state index contributed by atoms with van der Waals surface area (Å²) < 4.78 is 0. The second-order valence-corrected chi connectivity index (χ2v) is 7.54. The van der Waals surface area contributed by atoms with Crippen LogP contribution in [0.1, 0.15) is 0 Å². The molecule has 0 spiro atoms. The van der Waals surface area contributed by atoms with Gasteiger partial charge in [-0.15, -0.1) is 21.5 Å². The number of nitrogens with zero attached hydrogens (tertiary/aromatic N) is 7. The highest BCUT2D eigenvalue weighted by Gasteiger charge is 2.23. The number of hydrogen-bond acceptors (Lipinski definition) is 9. The molecule has 1 saturated heterocycles. The zero-order chi connectivity index (χ0) is 16.6. The largest absolute Gasteiger partial charge is 0.351 e. The maximum atomic E-state index is 4.44. The van der Waals surface area contributed by atoms with Crippen LogP contribution in [-0.4, -0.2) is 56.3 Å². The standard InChI is InChI=1S/C15H14N8S2/c1-2-10(24-7-1)14-20-21-15(25-14)23-5-3-22(4-6-23)13-11-12(17-8-16-11)18-9-19-13/h1-2,7-9H,3-6H2,(H,16,17,18,19). The maximum absolute atomic E-state index is 4.44. The summed E-state index contributed by atoms with van der Waals surface area (Å²) >= 11 is 3.35. The predicted molar refractivity (Wildman–Crippen MR) is 99.3 cm³/mol. The Bertz CT molecular complexity index is 984. The highest BCUT2D eigenvalue weighted by Crippen LogP contribution is 2.32. The molecule has 25 heavy (non-hydrogen) atoms. The van der Waals surface area contributed by atoms with Crippen LogP contribution < -0.4 is 9.80 Å². The number of fused-ring (bicyclic) bond motifs is 1. The second kappa shape index (κ2) is 6.05. The Labute approximate surface area is 151 Å². The van der Waals surface area contributed by atoms with E-state index in [-0.39, 0.29) is 0 Å². The molecule has 0 amide bonds. The summed E-state index contributed by atoms with van der Waals surface area (Å²) in [4.78, 5) is 21.7. The number of nitrogens with one attached hydrogen (secondary N) is 1. The smallest absolute Gasteiger partial charge is 0.208 e. The molecule has 1 N–H and O–H groups in total. The zero-order valence-corrected chi connectivity index (χ0v) is 14.8. The molecule has 0 radical (unpaired) electrons. The minimum Gasteiger partial charge on any atom is -0.351 e. The number of hydrogen-bond donors (Lipinski definition) is 1. The van der Waals surface area contributed by atoms with Crippen LogP contribution in [0.15, 0.2) is 30.2 Å². The van der Waals surface area contributed by atoms with Gasteiger partial charge in [-0.3, -0.25) is 0 Å². The van der Waals surface area contributed by atoms with E-state index in [1.165, 1.54) is 4.88 Å². The van der Waals surface area contributed by atoms with Crippen LogP contribution in [0.4, 0.5) is 10.9 Å². The molecule has 4 aromatic rings. The molecular weight excluding hydrogens is 356 g/mol. The Kier molecular flexibility index (Phi) is 3.56. The van der Waals surface area contributed by atoms with Crippen molar-refractivity contribution in [2.75, 3.05) is 36.0 Å². The molecule has 0 unspecified atom stereocenters. The van der Waals surface area contributed by atoms with E-state index < -0.39 is 0 Å². The molecule has 10 heteroatoms. The van der Waals surface area contributed by atoms with Gasteiger partial charge in [0, 0.05) is 26.2 Å². The van der Waals surface area contributed by atoms with Gasteiger partial charge in [-0.2, -0.15) is 0 Å². The van der Waals surface area contributed by atoms with Crippen LogP contribution in [0, 0.1) is 0 Å². The van der Waals surface area contributed by atoms with Gasteiger partial charge in [0.1, 0.15) is 11.8 Å². The molecule has 0 bridgehead atoms. The molecule has 1 fully saturated rings. The number of imidazole rings is 1. The third kappa shape index (κ3) is 2.63. The van der Waals surface area contributed by atoms with E-state index in [1.807, 2.05) is 6.07 Å². The molecule has 5 heterocycles. The summed E-state index contributed by atoms with van der Waals surface area (Å²) in [5.41, 5.74) is 1.60. The van der Waals surface area contributed by atoms with Crippen molar-refractivity contribution in [3.8, 4) is 9.88 Å². The number of aromatic nitrogens is 6. The van der Waals surface area contributed by atoms with E-state index in [2.05, 4.69) is 51.4 Å². The molecule has 1 aliphatic heterocycles. The van der Waals surface area contributed by atoms with Crippen LogP contribution >= 0.6 is 22.7 Å². The monoisotopic (exact) mass is 370 g/mol. The van der Waals surface area contributed by atoms with Crippen molar-refractivity contribution in [3.63, 3.8) is 0 Å². The minimum absolute atomic E-state index is 0.706. The highest BCUT2D eigenvalue weighted by atomic mass is 32.1. The van der Waals surface area contributed by atoms with Gasteiger partial charge in [0.25, 0.3) is 0 Å². The molecule has 0 saturated carbocycles. The lowest BCUT2D eigenvalue weighted by Gasteiger charge is -2.34. The van der Waals surface area contributed by atoms with E-state index >= 15 is 0 Å². The molecule has 0 aromatic carbocycles. The number of rotatable bonds is 3. The van der Waals surface area contributed by atoms with Gasteiger partial charge in [0.15, 0.2) is 16.5 Å². The Balaban J connectivity index is 1.32. The Hall–Kier alpha value is -2.59. The summed E-state index contributed by atoms with van der Waals surface area (Å²) in [5, 5.41) is 12.7. The van der Waals surface area contributed by atoms with Gasteiger partial charge in [-0.25, -0.2) is 15.0 Å². The van der Waals surface area contributed by atoms with Crippen molar-refractivity contribution < 1.29 is 0 Å². The highest BCUT2D eigenvalue weighted by molar-refractivity contribution is 7.22. The van der Waals surface area contributed by atoms with Gasteiger partial charge in [0.2, 0.25) is 5.13 Å². The lowest BCUT2D eigenvalue weighted by atomic mass is 10.3. The van der Waals surface area contributed by atoms with Gasteiger partial charge in [-0.05, 0) is 11.4 Å². The SMILES string of the molecule is c1csc(-c2nnc(N3CCN(c4ncnc5nc[nH]c45)CC3)s2)c1. The minimum atomic E-state index is 0.706. The van der Waals surface area contributed by atoms with Crippen LogP contribution in [0.3, 0.4) is 0 Å². The second-order valence-electron chi connectivity index (χ2n) is 5.64. The Morgan fingerprint density at radius 1 is 1.00 bits per heavy atom. The maximum Gasteiger partial charge on any atom is 0.208 e. The van der Waals surface area contributed by atoms with Crippen LogP contribution in [0.2, 0.25) is 0 Å². The summed E-state index contributed by atoms with van der Waals surface area (Å²) in [6, 6.07) is 4.12. The molecule has 0 aliphatic carbocycles. The molecule has 4 aromatic heterocycles. The summed E-state index contributed by atoms with van der Waals surface area (Å²) in [7, 11) is 0. The predicted octanol–water partition coefficient (Wildman–Crippen LogP) is 2.26. The first-order chi connectivity index (χ1) is 12.4. The van der Waals surface area contributed by atoms with E-state index in [0.717, 1.165) is 47.7 Å². The van der Waals surface area contributed by atoms with Crippen LogP contribution in [-0.2, 0) is 0 Å². The number of thiophene rings is 1. The fourth-order valence-corrected chi connectivity index (χ4v) is 4.63. The van der Waals surface area contributed by atoms with E-state index in [9.17, 15) is 0 Å². The number of anilines is 2. The number of aromatic amines is 1. The van der Waals surface area contributed by atoms with Crippen molar-refractivity contribution in [3.05, 3.63) is 30.2 Å². The van der Waals surface area contributed by atoms with E-state index in [0.29, 0.717) is 5.65 Å². The Morgan fingerprint density at radius 3 is 2.72 bits per heavy atom. The zero-order valence-electron chi connectivity index (χ0n) is 13.2. The first-order valence-electron chi connectivity index (χ1n) is 7.90. The van der Waals surface area contributed by atoms with Gasteiger partial charge in [0.05, 0.1) is 11.2 Å². The summed E-state index contributed by atoms with van der Waals surface area (Å²) in [6.07, 6.45) is 3.23. The number of piperazine rings is 1. The molecule has 5 rings (SSSR count). The molecule has 126 valence electrons. The van der Waals surface area contributed by atoms with Crippen molar-refractivity contribution in [1.82, 2.24) is 30.1 Å². The third-order valence-electron chi connectivity index (χ3n) is 4.20. The fourth-order valence-electron chi connectivity index (χ4n) is 2.94. The van der Waals surface area contributed by atoms with Gasteiger partial charge >= 0.3 is 0 Å². The van der Waals surface area contributed by atoms with Crippen LogP contribution in [0.25, 0.3) is 21.0 Å². The lowest BCUT2D eigenvalue weighted by Crippen LogP contribution is -2.47. The van der Waals surface area contributed by atoms with Gasteiger partial charge < -0.3 is 14.8 Å².